The Morgan fingerprint density at radius 2 is 2.19 bits per heavy atom. The molecule has 0 aliphatic carbocycles. The fourth-order valence-corrected chi connectivity index (χ4v) is 1.10. The van der Waals surface area contributed by atoms with Crippen molar-refractivity contribution in [1.29, 1.82) is 0 Å². The van der Waals surface area contributed by atoms with Crippen LogP contribution in [0, 0.1) is 11.8 Å². The second-order valence-electron chi connectivity index (χ2n) is 2.97. The highest BCUT2D eigenvalue weighted by Crippen LogP contribution is 2.17. The molecule has 0 aliphatic heterocycles. The van der Waals surface area contributed by atoms with Gasteiger partial charge in [-0.1, -0.05) is 5.92 Å². The summed E-state index contributed by atoms with van der Waals surface area (Å²) in [6, 6.07) is 5.03. The minimum absolute atomic E-state index is 0.313. The van der Waals surface area contributed by atoms with Gasteiger partial charge in [-0.15, -0.1) is 0 Å². The molecule has 0 bridgehead atoms. The van der Waals surface area contributed by atoms with Gasteiger partial charge in [-0.05, 0) is 19.1 Å². The molecular weight excluding hydrogens is 206 g/mol. The molecule has 0 fully saturated rings. The Balaban J connectivity index is 2.88. The quantitative estimate of drug-likeness (QED) is 0.461. The molecule has 2 N–H and O–H groups in total. The van der Waals surface area contributed by atoms with Crippen LogP contribution in [-0.4, -0.2) is 19.7 Å². The van der Waals surface area contributed by atoms with Crippen LogP contribution in [0.5, 0.6) is 5.75 Å². The summed E-state index contributed by atoms with van der Waals surface area (Å²) < 4.78 is 9.70. The zero-order chi connectivity index (χ0) is 12.0. The molecule has 16 heavy (non-hydrogen) atoms. The zero-order valence-electron chi connectivity index (χ0n) is 9.24. The van der Waals surface area contributed by atoms with E-state index in [4.69, 9.17) is 10.5 Å². The van der Waals surface area contributed by atoms with E-state index in [9.17, 15) is 4.79 Å². The maximum Gasteiger partial charge on any atom is 0.384 e. The number of hydrogen-bond acceptors (Lipinski definition) is 4. The molecule has 84 valence electrons. The van der Waals surface area contributed by atoms with Crippen molar-refractivity contribution < 1.29 is 14.3 Å². The largest absolute Gasteiger partial charge is 0.497 e. The van der Waals surface area contributed by atoms with Crippen molar-refractivity contribution in [2.24, 2.45) is 0 Å². The highest BCUT2D eigenvalue weighted by atomic mass is 16.5. The summed E-state index contributed by atoms with van der Waals surface area (Å²) in [5.74, 6) is 5.07. The molecule has 0 atom stereocenters. The Bertz CT molecular complexity index is 443. The topological polar surface area (TPSA) is 61.5 Å². The van der Waals surface area contributed by atoms with E-state index >= 15 is 0 Å². The van der Waals surface area contributed by atoms with Gasteiger partial charge in [0.15, 0.2) is 0 Å². The first-order chi connectivity index (χ1) is 7.65. The smallest absolute Gasteiger partial charge is 0.384 e. The van der Waals surface area contributed by atoms with Crippen molar-refractivity contribution in [3.63, 3.8) is 0 Å². The molecular formula is C12H13NO3. The van der Waals surface area contributed by atoms with Crippen LogP contribution in [0.3, 0.4) is 0 Å². The number of hydrogen-bond donors (Lipinski definition) is 1. The molecule has 0 aliphatic rings. The van der Waals surface area contributed by atoms with Crippen molar-refractivity contribution in [3.05, 3.63) is 23.8 Å². The van der Waals surface area contributed by atoms with E-state index < -0.39 is 5.97 Å². The van der Waals surface area contributed by atoms with E-state index in [-0.39, 0.29) is 0 Å². The number of benzene rings is 1. The third-order valence-corrected chi connectivity index (χ3v) is 1.75. The lowest BCUT2D eigenvalue weighted by Crippen LogP contribution is -1.99. The Morgan fingerprint density at radius 1 is 1.44 bits per heavy atom. The monoisotopic (exact) mass is 219 g/mol. The van der Waals surface area contributed by atoms with Gasteiger partial charge < -0.3 is 15.2 Å². The van der Waals surface area contributed by atoms with E-state index in [1.807, 2.05) is 0 Å². The molecule has 0 amide bonds. The SMILES string of the molecule is CCOC(=O)C#Cc1cc(N)cc(OC)c1. The highest BCUT2D eigenvalue weighted by Gasteiger charge is 1.97. The number of carbonyl (C=O) groups is 1. The molecule has 0 heterocycles. The van der Waals surface area contributed by atoms with Crippen LogP contribution in [0.2, 0.25) is 0 Å². The minimum atomic E-state index is -0.552. The van der Waals surface area contributed by atoms with Crippen LogP contribution < -0.4 is 10.5 Å². The van der Waals surface area contributed by atoms with Gasteiger partial charge in [0.1, 0.15) is 5.75 Å². The van der Waals surface area contributed by atoms with Crippen LogP contribution >= 0.6 is 0 Å². The first-order valence-electron chi connectivity index (χ1n) is 4.79. The van der Waals surface area contributed by atoms with Gasteiger partial charge in [-0.3, -0.25) is 0 Å². The van der Waals surface area contributed by atoms with Crippen molar-refractivity contribution in [2.45, 2.75) is 6.92 Å². The van der Waals surface area contributed by atoms with E-state index in [1.165, 1.54) is 7.11 Å². The number of esters is 1. The highest BCUT2D eigenvalue weighted by molar-refractivity contribution is 5.89. The summed E-state index contributed by atoms with van der Waals surface area (Å²) in [5, 5.41) is 0. The molecule has 1 rings (SSSR count). The van der Waals surface area contributed by atoms with Crippen molar-refractivity contribution in [1.82, 2.24) is 0 Å². The third-order valence-electron chi connectivity index (χ3n) is 1.75. The Morgan fingerprint density at radius 3 is 2.81 bits per heavy atom. The molecule has 1 aromatic carbocycles. The predicted molar refractivity (Wildman–Crippen MR) is 60.9 cm³/mol. The van der Waals surface area contributed by atoms with Crippen molar-refractivity contribution in [2.75, 3.05) is 19.5 Å². The Labute approximate surface area is 94.3 Å². The van der Waals surface area contributed by atoms with E-state index in [1.54, 1.807) is 25.1 Å². The van der Waals surface area contributed by atoms with Crippen LogP contribution in [0.15, 0.2) is 18.2 Å². The first kappa shape index (κ1) is 11.9. The molecule has 0 radical (unpaired) electrons. The molecule has 0 aromatic heterocycles. The van der Waals surface area contributed by atoms with Gasteiger partial charge in [0.25, 0.3) is 0 Å². The van der Waals surface area contributed by atoms with Gasteiger partial charge in [-0.25, -0.2) is 4.79 Å². The van der Waals surface area contributed by atoms with E-state index in [0.29, 0.717) is 23.6 Å². The number of carbonyl (C=O) groups excluding carboxylic acids is 1. The summed E-state index contributed by atoms with van der Waals surface area (Å²) >= 11 is 0. The number of anilines is 1. The van der Waals surface area contributed by atoms with Gasteiger partial charge in [0.2, 0.25) is 0 Å². The third kappa shape index (κ3) is 3.54. The second-order valence-corrected chi connectivity index (χ2v) is 2.97. The number of nitrogen functional groups attached to an aromatic ring is 1. The van der Waals surface area contributed by atoms with Crippen LogP contribution in [0.1, 0.15) is 12.5 Å². The predicted octanol–water partition coefficient (Wildman–Crippen LogP) is 1.19. The lowest BCUT2D eigenvalue weighted by Gasteiger charge is -2.01. The summed E-state index contributed by atoms with van der Waals surface area (Å²) in [6.45, 7) is 2.04. The fourth-order valence-electron chi connectivity index (χ4n) is 1.10. The zero-order valence-corrected chi connectivity index (χ0v) is 9.24. The number of rotatable bonds is 2. The van der Waals surface area contributed by atoms with E-state index in [2.05, 4.69) is 16.6 Å². The Hall–Kier alpha value is -2.15. The van der Waals surface area contributed by atoms with Crippen LogP contribution in [0.4, 0.5) is 5.69 Å². The Kier molecular flexibility index (Phi) is 4.22. The summed E-state index contributed by atoms with van der Waals surface area (Å²) in [5.41, 5.74) is 6.79. The maximum atomic E-state index is 11.0. The minimum Gasteiger partial charge on any atom is -0.497 e. The lowest BCUT2D eigenvalue weighted by atomic mass is 10.2. The summed E-state index contributed by atoms with van der Waals surface area (Å²) in [4.78, 5) is 11.0. The van der Waals surface area contributed by atoms with E-state index in [0.717, 1.165) is 0 Å². The molecule has 0 spiro atoms. The standard InChI is InChI=1S/C12H13NO3/c1-3-16-12(14)5-4-9-6-10(13)8-11(7-9)15-2/h6-8H,3,13H2,1-2H3. The van der Waals surface area contributed by atoms with Crippen LogP contribution in [0.25, 0.3) is 0 Å². The lowest BCUT2D eigenvalue weighted by molar-refractivity contribution is -0.136. The average Bonchev–Trinajstić information content (AvgIpc) is 2.26. The number of methoxy groups -OCH3 is 1. The fraction of sp³-hybridized carbons (Fsp3) is 0.250. The van der Waals surface area contributed by atoms with Gasteiger partial charge in [0, 0.05) is 23.2 Å². The second kappa shape index (κ2) is 5.66. The normalized spacial score (nSPS) is 8.88. The number of nitrogens with two attached hydrogens (primary N) is 1. The first-order valence-corrected chi connectivity index (χ1v) is 4.79. The molecule has 1 aromatic rings. The summed E-state index contributed by atoms with van der Waals surface area (Å²) in [7, 11) is 1.54. The number of ether oxygens (including phenoxy) is 2. The molecule has 4 nitrogen and oxygen atoms in total. The van der Waals surface area contributed by atoms with Gasteiger partial charge >= 0.3 is 5.97 Å². The maximum absolute atomic E-state index is 11.0. The van der Waals surface area contributed by atoms with Gasteiger partial charge in [0.05, 0.1) is 13.7 Å². The molecule has 0 unspecified atom stereocenters. The average molecular weight is 219 g/mol. The molecule has 0 saturated carbocycles. The van der Waals surface area contributed by atoms with Gasteiger partial charge in [-0.2, -0.15) is 0 Å². The molecule has 4 heteroatoms. The molecule has 0 saturated heterocycles. The summed E-state index contributed by atoms with van der Waals surface area (Å²) in [6.07, 6.45) is 0. The van der Waals surface area contributed by atoms with Crippen LogP contribution in [-0.2, 0) is 9.53 Å². The van der Waals surface area contributed by atoms with Crippen molar-refractivity contribution >= 4 is 11.7 Å². The van der Waals surface area contributed by atoms with Crippen molar-refractivity contribution in [3.8, 4) is 17.6 Å².